The summed E-state index contributed by atoms with van der Waals surface area (Å²) in [5.41, 5.74) is 7.61. The summed E-state index contributed by atoms with van der Waals surface area (Å²) < 4.78 is 0. The Hall–Kier alpha value is -1.93. The van der Waals surface area contributed by atoms with Gasteiger partial charge in [-0.15, -0.1) is 22.7 Å². The predicted molar refractivity (Wildman–Crippen MR) is 96.0 cm³/mol. The molecule has 0 aliphatic rings. The van der Waals surface area contributed by atoms with E-state index in [-0.39, 0.29) is 0 Å². The third-order valence-corrected chi connectivity index (χ3v) is 4.85. The Morgan fingerprint density at radius 2 is 1.95 bits per heavy atom. The first kappa shape index (κ1) is 15.0. The summed E-state index contributed by atoms with van der Waals surface area (Å²) in [6.45, 7) is 3.81. The van der Waals surface area contributed by atoms with Crippen LogP contribution in [0.15, 0.2) is 48.0 Å². The molecule has 0 aliphatic heterocycles. The van der Waals surface area contributed by atoms with E-state index in [0.717, 1.165) is 21.0 Å². The van der Waals surface area contributed by atoms with Gasteiger partial charge in [-0.2, -0.15) is 0 Å². The number of pyridine rings is 1. The minimum atomic E-state index is -0.475. The number of aromatic nitrogens is 1. The molecule has 0 aromatic carbocycles. The van der Waals surface area contributed by atoms with Gasteiger partial charge in [0.2, 0.25) is 0 Å². The molecule has 3 rings (SSSR count). The van der Waals surface area contributed by atoms with Crippen LogP contribution in [0, 0.1) is 11.8 Å². The van der Waals surface area contributed by atoms with Gasteiger partial charge in [0, 0.05) is 16.6 Å². The summed E-state index contributed by atoms with van der Waals surface area (Å²) in [5, 5.41) is 2.08. The standard InChI is InChI=1S/C18H16N2S2/c1-18(2,19)10-9-13-7-8-16(22-13)17-14(5-3-11-20-17)15-6-4-12-21-15/h3-8,11-12H,19H2,1-2H3. The van der Waals surface area contributed by atoms with Crippen LogP contribution < -0.4 is 5.73 Å². The molecule has 3 aromatic heterocycles. The Morgan fingerprint density at radius 1 is 1.09 bits per heavy atom. The molecule has 4 heteroatoms. The molecule has 0 saturated heterocycles. The molecular formula is C18H16N2S2. The van der Waals surface area contributed by atoms with E-state index >= 15 is 0 Å². The number of rotatable bonds is 2. The molecule has 0 radical (unpaired) electrons. The van der Waals surface area contributed by atoms with Crippen LogP contribution in [0.5, 0.6) is 0 Å². The summed E-state index contributed by atoms with van der Waals surface area (Å²) >= 11 is 3.38. The van der Waals surface area contributed by atoms with Crippen LogP contribution in [0.3, 0.4) is 0 Å². The van der Waals surface area contributed by atoms with Gasteiger partial charge in [-0.05, 0) is 49.6 Å². The molecular weight excluding hydrogens is 308 g/mol. The predicted octanol–water partition coefficient (Wildman–Crippen LogP) is 4.63. The van der Waals surface area contributed by atoms with E-state index in [0.29, 0.717) is 0 Å². The highest BCUT2D eigenvalue weighted by Gasteiger charge is 2.11. The molecule has 22 heavy (non-hydrogen) atoms. The van der Waals surface area contributed by atoms with Gasteiger partial charge in [0.1, 0.15) is 0 Å². The Morgan fingerprint density at radius 3 is 2.68 bits per heavy atom. The second-order valence-corrected chi connectivity index (χ2v) is 7.54. The normalized spacial score (nSPS) is 11.0. The van der Waals surface area contributed by atoms with Crippen molar-refractivity contribution in [1.82, 2.24) is 4.98 Å². The largest absolute Gasteiger partial charge is 0.316 e. The maximum Gasteiger partial charge on any atom is 0.0888 e. The van der Waals surface area contributed by atoms with Crippen LogP contribution >= 0.6 is 22.7 Å². The van der Waals surface area contributed by atoms with E-state index in [9.17, 15) is 0 Å². The Kier molecular flexibility index (Phi) is 4.12. The van der Waals surface area contributed by atoms with E-state index in [1.165, 1.54) is 4.88 Å². The quantitative estimate of drug-likeness (QED) is 0.698. The summed E-state index contributed by atoms with van der Waals surface area (Å²) in [5.74, 6) is 6.21. The number of nitrogens with two attached hydrogens (primary N) is 1. The summed E-state index contributed by atoms with van der Waals surface area (Å²) in [4.78, 5) is 7.94. The van der Waals surface area contributed by atoms with Gasteiger partial charge in [0.05, 0.1) is 21.0 Å². The molecule has 0 atom stereocenters. The van der Waals surface area contributed by atoms with Crippen LogP contribution in [0.2, 0.25) is 0 Å². The molecule has 2 N–H and O–H groups in total. The van der Waals surface area contributed by atoms with Gasteiger partial charge < -0.3 is 5.73 Å². The number of hydrogen-bond acceptors (Lipinski definition) is 4. The lowest BCUT2D eigenvalue weighted by Gasteiger charge is -2.06. The second kappa shape index (κ2) is 6.05. The summed E-state index contributed by atoms with van der Waals surface area (Å²) in [7, 11) is 0. The first-order valence-electron chi connectivity index (χ1n) is 6.94. The lowest BCUT2D eigenvalue weighted by atomic mass is 10.1. The lowest BCUT2D eigenvalue weighted by Crippen LogP contribution is -2.29. The molecule has 3 aromatic rings. The van der Waals surface area contributed by atoms with Crippen molar-refractivity contribution in [2.75, 3.05) is 0 Å². The van der Waals surface area contributed by atoms with E-state index in [4.69, 9.17) is 5.73 Å². The molecule has 0 aliphatic carbocycles. The van der Waals surface area contributed by atoms with Gasteiger partial charge >= 0.3 is 0 Å². The Labute approximate surface area is 138 Å². The average molecular weight is 324 g/mol. The second-order valence-electron chi connectivity index (χ2n) is 5.51. The zero-order valence-corrected chi connectivity index (χ0v) is 14.1. The van der Waals surface area contributed by atoms with E-state index in [2.05, 4.69) is 46.5 Å². The molecule has 0 spiro atoms. The maximum atomic E-state index is 5.91. The van der Waals surface area contributed by atoms with Crippen molar-refractivity contribution in [3.8, 4) is 32.9 Å². The molecule has 0 saturated carbocycles. The van der Waals surface area contributed by atoms with Gasteiger partial charge in [-0.25, -0.2) is 0 Å². The Balaban J connectivity index is 1.99. The zero-order chi connectivity index (χ0) is 15.6. The van der Waals surface area contributed by atoms with Crippen molar-refractivity contribution in [2.24, 2.45) is 5.73 Å². The van der Waals surface area contributed by atoms with Gasteiger partial charge in [0.25, 0.3) is 0 Å². The first-order chi connectivity index (χ1) is 10.5. The van der Waals surface area contributed by atoms with Crippen molar-refractivity contribution < 1.29 is 0 Å². The monoisotopic (exact) mass is 324 g/mol. The van der Waals surface area contributed by atoms with Crippen molar-refractivity contribution in [2.45, 2.75) is 19.4 Å². The molecule has 0 bridgehead atoms. The highest BCUT2D eigenvalue weighted by molar-refractivity contribution is 7.16. The van der Waals surface area contributed by atoms with Crippen LogP contribution in [0.1, 0.15) is 18.7 Å². The minimum Gasteiger partial charge on any atom is -0.316 e. The topological polar surface area (TPSA) is 38.9 Å². The fraction of sp³-hybridized carbons (Fsp3) is 0.167. The van der Waals surface area contributed by atoms with E-state index in [1.54, 1.807) is 22.7 Å². The SMILES string of the molecule is CC(C)(N)C#Cc1ccc(-c2ncccc2-c2cccs2)s1. The Bertz CT molecular complexity index is 828. The minimum absolute atomic E-state index is 0.475. The van der Waals surface area contributed by atoms with Crippen LogP contribution in [-0.2, 0) is 0 Å². The number of hydrogen-bond donors (Lipinski definition) is 1. The molecule has 0 fully saturated rings. The van der Waals surface area contributed by atoms with Crippen LogP contribution in [0.25, 0.3) is 21.0 Å². The van der Waals surface area contributed by atoms with E-state index in [1.807, 2.05) is 32.2 Å². The number of thiophene rings is 2. The average Bonchev–Trinajstić information content (AvgIpc) is 3.16. The highest BCUT2D eigenvalue weighted by Crippen LogP contribution is 2.36. The summed E-state index contributed by atoms with van der Waals surface area (Å²) in [6, 6.07) is 12.4. The fourth-order valence-electron chi connectivity index (χ4n) is 1.99. The maximum absolute atomic E-state index is 5.91. The molecule has 3 heterocycles. The van der Waals surface area contributed by atoms with E-state index < -0.39 is 5.54 Å². The molecule has 110 valence electrons. The van der Waals surface area contributed by atoms with Crippen molar-refractivity contribution in [3.63, 3.8) is 0 Å². The van der Waals surface area contributed by atoms with Gasteiger partial charge in [0.15, 0.2) is 0 Å². The first-order valence-corrected chi connectivity index (χ1v) is 8.64. The van der Waals surface area contributed by atoms with Crippen molar-refractivity contribution in [1.29, 1.82) is 0 Å². The smallest absolute Gasteiger partial charge is 0.0888 e. The number of nitrogens with zero attached hydrogens (tertiary/aromatic N) is 1. The third kappa shape index (κ3) is 3.45. The molecule has 2 nitrogen and oxygen atoms in total. The third-order valence-electron chi connectivity index (χ3n) is 2.94. The highest BCUT2D eigenvalue weighted by atomic mass is 32.1. The zero-order valence-electron chi connectivity index (χ0n) is 12.5. The van der Waals surface area contributed by atoms with Crippen LogP contribution in [0.4, 0.5) is 0 Å². The van der Waals surface area contributed by atoms with Crippen LogP contribution in [-0.4, -0.2) is 10.5 Å². The van der Waals surface area contributed by atoms with Gasteiger partial charge in [-0.1, -0.05) is 17.9 Å². The summed E-state index contributed by atoms with van der Waals surface area (Å²) in [6.07, 6.45) is 1.83. The molecule has 0 unspecified atom stereocenters. The van der Waals surface area contributed by atoms with Crippen molar-refractivity contribution in [3.05, 3.63) is 52.9 Å². The van der Waals surface area contributed by atoms with Crippen molar-refractivity contribution >= 4 is 22.7 Å². The lowest BCUT2D eigenvalue weighted by molar-refractivity contribution is 0.681. The fourth-order valence-corrected chi connectivity index (χ4v) is 3.61. The van der Waals surface area contributed by atoms with Gasteiger partial charge in [-0.3, -0.25) is 4.98 Å². The molecule has 0 amide bonds.